The van der Waals surface area contributed by atoms with Gasteiger partial charge in [0, 0.05) is 12.8 Å². The molecule has 1 amide bonds. The van der Waals surface area contributed by atoms with Crippen LogP contribution in [-0.2, 0) is 14.4 Å². The van der Waals surface area contributed by atoms with Gasteiger partial charge in [-0.05, 0) is 6.92 Å². The monoisotopic (exact) mass is 267 g/mol. The smallest absolute Gasteiger partial charge is 0.541 e. The fraction of sp³-hybridized carbons (Fsp3) is 0.750. The zero-order valence-electron chi connectivity index (χ0n) is 11.6. The van der Waals surface area contributed by atoms with Crippen LogP contribution in [0.15, 0.2) is 0 Å². The first kappa shape index (κ1) is 22.6. The third-order valence-electron chi connectivity index (χ3n) is 1.87. The Hall–Kier alpha value is 0.446. The van der Waals surface area contributed by atoms with Crippen molar-refractivity contribution in [2.75, 3.05) is 0 Å². The van der Waals surface area contributed by atoms with Gasteiger partial charge in [0.05, 0.1) is 0 Å². The van der Waals surface area contributed by atoms with Crippen molar-refractivity contribution in [1.29, 1.82) is 0 Å². The van der Waals surface area contributed by atoms with E-state index >= 15 is 0 Å². The first-order valence-electron chi connectivity index (χ1n) is 5.42. The molecule has 0 bridgehead atoms. The van der Waals surface area contributed by atoms with Crippen molar-refractivity contribution in [3.8, 4) is 0 Å². The second-order valence-electron chi connectivity index (χ2n) is 4.40. The summed E-state index contributed by atoms with van der Waals surface area (Å²) in [7, 11) is 0. The molecule has 0 aliphatic heterocycles. The summed E-state index contributed by atoms with van der Waals surface area (Å²) >= 11 is 0. The second-order valence-corrected chi connectivity index (χ2v) is 4.40. The largest absolute Gasteiger partial charge is 1.00 e. The van der Waals surface area contributed by atoms with E-state index < -0.39 is 5.91 Å². The second kappa shape index (κ2) is 12.9. The van der Waals surface area contributed by atoms with Crippen molar-refractivity contribution in [1.82, 2.24) is 0 Å². The molecule has 0 aromatic carbocycles. The van der Waals surface area contributed by atoms with E-state index in [-0.39, 0.29) is 75.4 Å². The van der Waals surface area contributed by atoms with Crippen molar-refractivity contribution in [3.63, 3.8) is 0 Å². The number of hydrogen-bond donors (Lipinski definition) is 1. The predicted molar refractivity (Wildman–Crippen MR) is 63.5 cm³/mol. The molecule has 17 heavy (non-hydrogen) atoms. The molecule has 2 N–H and O–H groups in total. The molecule has 0 saturated carbocycles. The van der Waals surface area contributed by atoms with Crippen LogP contribution >= 0.6 is 0 Å². The Bertz CT molecular complexity index is 226. The van der Waals surface area contributed by atoms with Crippen LogP contribution in [0, 0.1) is 5.41 Å². The van der Waals surface area contributed by atoms with E-state index in [2.05, 4.69) is 6.92 Å². The average Bonchev–Trinajstić information content (AvgIpc) is 2.16. The predicted octanol–water partition coefficient (Wildman–Crippen LogP) is -1.23. The van der Waals surface area contributed by atoms with Crippen LogP contribution < -0.4 is 57.1 Å². The molecule has 0 unspecified atom stereocenters. The van der Waals surface area contributed by atoms with Crippen molar-refractivity contribution in [2.45, 2.75) is 53.4 Å². The van der Waals surface area contributed by atoms with Crippen molar-refractivity contribution in [2.24, 2.45) is 11.1 Å². The molecule has 94 valence electrons. The van der Waals surface area contributed by atoms with Crippen LogP contribution in [-0.4, -0.2) is 18.0 Å². The van der Waals surface area contributed by atoms with E-state index in [1.54, 1.807) is 0 Å². The van der Waals surface area contributed by atoms with Crippen LogP contribution in [0.1, 0.15) is 53.4 Å². The number of rotatable bonds is 6. The number of primary amides is 1. The third kappa shape index (κ3) is 22.2. The number of carbonyl (C=O) groups excluding carboxylic acids is 3. The van der Waals surface area contributed by atoms with Gasteiger partial charge in [-0.15, -0.1) is 5.41 Å². The summed E-state index contributed by atoms with van der Waals surface area (Å²) in [5.41, 5.74) is 4.54. The molecule has 0 rings (SSSR count). The van der Waals surface area contributed by atoms with Gasteiger partial charge in [-0.25, -0.2) is 0 Å². The zero-order chi connectivity index (χ0) is 13.2. The van der Waals surface area contributed by atoms with E-state index in [1.165, 1.54) is 6.92 Å². The molecule has 0 aliphatic carbocycles. The normalized spacial score (nSPS) is 9.41. The van der Waals surface area contributed by atoms with Crippen LogP contribution in [0.2, 0.25) is 0 Å². The molecule has 0 fully saturated rings. The van der Waals surface area contributed by atoms with E-state index in [0.717, 1.165) is 12.8 Å². The molecular formula is C12H22KNO3. The summed E-state index contributed by atoms with van der Waals surface area (Å²) in [6, 6.07) is 0. The summed E-state index contributed by atoms with van der Waals surface area (Å²) in [6.07, 6.45) is 4.44. The van der Waals surface area contributed by atoms with Gasteiger partial charge in [0.25, 0.3) is 0 Å². The maximum atomic E-state index is 10.1. The van der Waals surface area contributed by atoms with Gasteiger partial charge in [0.2, 0.25) is 5.91 Å². The van der Waals surface area contributed by atoms with Gasteiger partial charge in [0.15, 0.2) is 0 Å². The molecule has 0 atom stereocenters. The Balaban J connectivity index is -0.000000218. The Morgan fingerprint density at radius 3 is 1.82 bits per heavy atom. The summed E-state index contributed by atoms with van der Waals surface area (Å²) in [5.74, 6) is -0.413. The minimum absolute atomic E-state index is 0. The van der Waals surface area contributed by atoms with Crippen LogP contribution in [0.3, 0.4) is 0 Å². The minimum atomic E-state index is -0.416. The molecule has 0 heterocycles. The Labute approximate surface area is 147 Å². The quantitative estimate of drug-likeness (QED) is 0.483. The first-order valence-corrected chi connectivity index (χ1v) is 5.42. The van der Waals surface area contributed by atoms with Gasteiger partial charge in [0.1, 0.15) is 5.78 Å². The van der Waals surface area contributed by atoms with Gasteiger partial charge in [-0.2, -0.15) is 0 Å². The van der Waals surface area contributed by atoms with Gasteiger partial charge in [-0.3, -0.25) is 11.1 Å². The molecule has 0 aliphatic rings. The Morgan fingerprint density at radius 1 is 1.24 bits per heavy atom. The number of ketones is 1. The Kier molecular flexibility index (Phi) is 17.1. The third-order valence-corrected chi connectivity index (χ3v) is 1.87. The van der Waals surface area contributed by atoms with E-state index in [0.29, 0.717) is 0 Å². The van der Waals surface area contributed by atoms with E-state index in [1.807, 2.05) is 20.1 Å². The molecule has 0 spiro atoms. The molecule has 5 heteroatoms. The summed E-state index contributed by atoms with van der Waals surface area (Å²) < 4.78 is 0. The minimum Gasteiger partial charge on any atom is -0.541 e. The fourth-order valence-corrected chi connectivity index (χ4v) is 0.975. The van der Waals surface area contributed by atoms with Crippen LogP contribution in [0.25, 0.3) is 0 Å². The number of Topliss-reactive ketones (excluding diaryl/α,β-unsaturated/α-hetero) is 1. The van der Waals surface area contributed by atoms with Crippen LogP contribution in [0.4, 0.5) is 0 Å². The van der Waals surface area contributed by atoms with Gasteiger partial charge >= 0.3 is 51.4 Å². The molecule has 0 aromatic rings. The topological polar surface area (TPSA) is 77.2 Å². The summed E-state index contributed by atoms with van der Waals surface area (Å²) in [5, 5.41) is 0. The van der Waals surface area contributed by atoms with Gasteiger partial charge < -0.3 is 15.3 Å². The molecule has 0 aromatic heterocycles. The maximum absolute atomic E-state index is 10.1. The molecular weight excluding hydrogens is 245 g/mol. The number of hydrogen-bond acceptors (Lipinski definition) is 3. The van der Waals surface area contributed by atoms with Crippen molar-refractivity contribution >= 4 is 18.0 Å². The molecule has 0 radical (unpaired) electrons. The number of nitrogens with two attached hydrogens (primary N) is 1. The first-order chi connectivity index (χ1) is 7.25. The average molecular weight is 267 g/mol. The number of carbonyl (C=O) groups is 2. The van der Waals surface area contributed by atoms with E-state index in [9.17, 15) is 14.4 Å². The zero-order valence-corrected chi connectivity index (χ0v) is 14.8. The SMILES string of the molecule is CC(=O)CCC(N)=O.CCCC(C)(C)[C-]=O.[K+]. The Morgan fingerprint density at radius 2 is 1.71 bits per heavy atom. The standard InChI is InChI=1S/C7H13O.C5H9NO2.K/c1-4-5-7(2,3)6-8;1-4(7)2-3-5(6)8;/h4-5H2,1-3H3;2-3H2,1H3,(H2,6,8);/q-1;;+1. The summed E-state index contributed by atoms with van der Waals surface area (Å²) in [6.45, 7) is 7.31. The fourth-order valence-electron chi connectivity index (χ4n) is 0.975. The maximum Gasteiger partial charge on any atom is 1.00 e. The van der Waals surface area contributed by atoms with E-state index in [4.69, 9.17) is 5.73 Å². The summed E-state index contributed by atoms with van der Waals surface area (Å²) in [4.78, 5) is 30.2. The van der Waals surface area contributed by atoms with Gasteiger partial charge in [-0.1, -0.05) is 33.6 Å². The van der Waals surface area contributed by atoms with Crippen molar-refractivity contribution in [3.05, 3.63) is 0 Å². The molecule has 4 nitrogen and oxygen atoms in total. The van der Waals surface area contributed by atoms with Crippen molar-refractivity contribution < 1.29 is 65.8 Å². The molecule has 0 saturated heterocycles. The van der Waals surface area contributed by atoms with Crippen LogP contribution in [0.5, 0.6) is 0 Å². The number of amides is 1.